The van der Waals surface area contributed by atoms with E-state index in [-0.39, 0.29) is 0 Å². The van der Waals surface area contributed by atoms with E-state index >= 15 is 0 Å². The number of alkyl halides is 3. The van der Waals surface area contributed by atoms with E-state index in [1.165, 1.54) is 12.1 Å². The molecule has 3 aromatic carbocycles. The summed E-state index contributed by atoms with van der Waals surface area (Å²) < 4.78 is 39.5. The minimum atomic E-state index is -4.32. The number of nitrogens with zero attached hydrogens (tertiary/aromatic N) is 3. The van der Waals surface area contributed by atoms with Gasteiger partial charge in [-0.2, -0.15) is 13.2 Å². The number of hydrogen-bond donors (Lipinski definition) is 0. The van der Waals surface area contributed by atoms with Crippen LogP contribution in [0.5, 0.6) is 0 Å². The lowest BCUT2D eigenvalue weighted by atomic mass is 9.96. The Morgan fingerprint density at radius 3 is 2.41 bits per heavy atom. The quantitative estimate of drug-likeness (QED) is 0.258. The lowest BCUT2D eigenvalue weighted by molar-refractivity contribution is -0.137. The molecule has 0 saturated heterocycles. The molecule has 6 rings (SSSR count). The highest BCUT2D eigenvalue weighted by molar-refractivity contribution is 5.91. The van der Waals surface area contributed by atoms with Crippen LogP contribution in [-0.4, -0.2) is 21.4 Å². The fourth-order valence-corrected chi connectivity index (χ4v) is 5.03. The maximum atomic E-state index is 13.2. The van der Waals surface area contributed by atoms with Crippen molar-refractivity contribution in [3.8, 4) is 22.4 Å². The van der Waals surface area contributed by atoms with Gasteiger partial charge < -0.3 is 0 Å². The third kappa shape index (κ3) is 4.85. The molecule has 0 amide bonds. The first kappa shape index (κ1) is 23.4. The van der Waals surface area contributed by atoms with Crippen molar-refractivity contribution in [2.24, 2.45) is 0 Å². The summed E-state index contributed by atoms with van der Waals surface area (Å²) >= 11 is 0. The second-order valence-electron chi connectivity index (χ2n) is 9.46. The van der Waals surface area contributed by atoms with E-state index in [0.29, 0.717) is 13.1 Å². The minimum absolute atomic E-state index is 0.513. The summed E-state index contributed by atoms with van der Waals surface area (Å²) in [5.41, 5.74) is 7.25. The molecule has 0 bridgehead atoms. The largest absolute Gasteiger partial charge is 0.416 e. The Morgan fingerprint density at radius 2 is 1.62 bits per heavy atom. The van der Waals surface area contributed by atoms with Crippen LogP contribution in [0.4, 0.5) is 13.2 Å². The number of pyridine rings is 2. The van der Waals surface area contributed by atoms with Crippen molar-refractivity contribution in [2.45, 2.75) is 25.7 Å². The monoisotopic (exact) mass is 495 g/mol. The summed E-state index contributed by atoms with van der Waals surface area (Å²) in [6, 6.07) is 26.7. The van der Waals surface area contributed by atoms with Gasteiger partial charge in [0.25, 0.3) is 0 Å². The van der Waals surface area contributed by atoms with E-state index in [4.69, 9.17) is 4.98 Å². The van der Waals surface area contributed by atoms with Crippen LogP contribution >= 0.6 is 0 Å². The highest BCUT2D eigenvalue weighted by atomic mass is 19.4. The molecule has 0 radical (unpaired) electrons. The van der Waals surface area contributed by atoms with Crippen LogP contribution in [0.2, 0.25) is 0 Å². The maximum absolute atomic E-state index is 13.2. The Bertz CT molecular complexity index is 1560. The van der Waals surface area contributed by atoms with Crippen molar-refractivity contribution in [1.82, 2.24) is 14.9 Å². The van der Waals surface area contributed by atoms with E-state index < -0.39 is 11.7 Å². The van der Waals surface area contributed by atoms with Gasteiger partial charge in [0.05, 0.1) is 16.8 Å². The number of halogens is 3. The van der Waals surface area contributed by atoms with Crippen molar-refractivity contribution < 1.29 is 13.2 Å². The fraction of sp³-hybridized carbons (Fsp3) is 0.161. The van der Waals surface area contributed by atoms with E-state index in [9.17, 15) is 13.2 Å². The smallest absolute Gasteiger partial charge is 0.294 e. The SMILES string of the molecule is FC(F)(F)c1ccc2c(c1)CN(Cc1ccc(-c3nc4ccncc4cc3-c3ccccc3)cc1)CC2. The molecular weight excluding hydrogens is 471 g/mol. The number of fused-ring (bicyclic) bond motifs is 2. The van der Waals surface area contributed by atoms with E-state index in [1.54, 1.807) is 12.3 Å². The zero-order valence-electron chi connectivity index (χ0n) is 20.0. The molecule has 3 nitrogen and oxygen atoms in total. The molecule has 0 fully saturated rings. The van der Waals surface area contributed by atoms with Crippen LogP contribution < -0.4 is 0 Å². The topological polar surface area (TPSA) is 29.0 Å². The molecule has 0 aliphatic carbocycles. The number of benzene rings is 3. The lowest BCUT2D eigenvalue weighted by Crippen LogP contribution is -2.30. The van der Waals surface area contributed by atoms with Gasteiger partial charge >= 0.3 is 6.18 Å². The number of rotatable bonds is 4. The first-order chi connectivity index (χ1) is 17.9. The highest BCUT2D eigenvalue weighted by Crippen LogP contribution is 2.34. The molecule has 0 atom stereocenters. The molecule has 0 spiro atoms. The zero-order valence-corrected chi connectivity index (χ0v) is 20.0. The van der Waals surface area contributed by atoms with Gasteiger partial charge in [-0.05, 0) is 52.9 Å². The predicted octanol–water partition coefficient (Wildman–Crippen LogP) is 7.54. The van der Waals surface area contributed by atoms with Crippen LogP contribution in [0.3, 0.4) is 0 Å². The van der Waals surface area contributed by atoms with Gasteiger partial charge in [0.2, 0.25) is 0 Å². The average Bonchev–Trinajstić information content (AvgIpc) is 2.92. The standard InChI is InChI=1S/C31H24F3N3/c32-31(33,34)27-11-10-22-13-15-37(20-26(22)16-27)19-21-6-8-24(9-7-21)30-28(23-4-2-1-3-5-23)17-25-18-35-14-12-29(25)36-30/h1-12,14,16-18H,13,15,19-20H2. The first-order valence-electron chi connectivity index (χ1n) is 12.2. The van der Waals surface area contributed by atoms with E-state index in [1.807, 2.05) is 30.5 Å². The molecule has 3 heterocycles. The highest BCUT2D eigenvalue weighted by Gasteiger charge is 2.31. The summed E-state index contributed by atoms with van der Waals surface area (Å²) in [4.78, 5) is 11.4. The van der Waals surface area contributed by atoms with E-state index in [0.717, 1.165) is 62.9 Å². The van der Waals surface area contributed by atoms with Gasteiger partial charge in [0.15, 0.2) is 0 Å². The van der Waals surface area contributed by atoms with Gasteiger partial charge in [-0.25, -0.2) is 4.98 Å². The van der Waals surface area contributed by atoms with Crippen molar-refractivity contribution in [3.63, 3.8) is 0 Å². The third-order valence-corrected chi connectivity index (χ3v) is 6.96. The van der Waals surface area contributed by atoms with Gasteiger partial charge in [0.1, 0.15) is 0 Å². The molecule has 0 N–H and O–H groups in total. The normalized spacial score (nSPS) is 14.0. The summed E-state index contributed by atoms with van der Waals surface area (Å²) in [6.45, 7) is 2.01. The Morgan fingerprint density at radius 1 is 0.811 bits per heavy atom. The van der Waals surface area contributed by atoms with Gasteiger partial charge in [-0.3, -0.25) is 9.88 Å². The molecular formula is C31H24F3N3. The van der Waals surface area contributed by atoms with Gasteiger partial charge in [-0.15, -0.1) is 0 Å². The Labute approximate surface area is 213 Å². The molecule has 0 saturated carbocycles. The van der Waals surface area contributed by atoms with Gasteiger partial charge in [-0.1, -0.05) is 60.7 Å². The molecule has 1 aliphatic rings. The number of hydrogen-bond acceptors (Lipinski definition) is 3. The first-order valence-corrected chi connectivity index (χ1v) is 12.2. The van der Waals surface area contributed by atoms with Crippen LogP contribution in [0.1, 0.15) is 22.3 Å². The van der Waals surface area contributed by atoms with Crippen molar-refractivity contribution in [2.75, 3.05) is 6.54 Å². The zero-order chi connectivity index (χ0) is 25.4. The minimum Gasteiger partial charge on any atom is -0.294 e. The molecule has 2 aromatic heterocycles. The third-order valence-electron chi connectivity index (χ3n) is 6.96. The molecule has 5 aromatic rings. The van der Waals surface area contributed by atoms with Crippen LogP contribution in [0, 0.1) is 0 Å². The fourth-order valence-electron chi connectivity index (χ4n) is 5.03. The van der Waals surface area contributed by atoms with Gasteiger partial charge in [0, 0.05) is 48.5 Å². The molecule has 37 heavy (non-hydrogen) atoms. The van der Waals surface area contributed by atoms with Crippen LogP contribution in [0.25, 0.3) is 33.3 Å². The lowest BCUT2D eigenvalue weighted by Gasteiger charge is -2.29. The molecule has 6 heteroatoms. The van der Waals surface area contributed by atoms with E-state index in [2.05, 4.69) is 52.3 Å². The summed E-state index contributed by atoms with van der Waals surface area (Å²) in [5, 5.41) is 0.987. The second-order valence-corrected chi connectivity index (χ2v) is 9.46. The Hall–Kier alpha value is -4.03. The molecule has 1 aliphatic heterocycles. The maximum Gasteiger partial charge on any atom is 0.416 e. The molecule has 0 unspecified atom stereocenters. The summed E-state index contributed by atoms with van der Waals surface area (Å²) in [6.07, 6.45) is 0.00975. The van der Waals surface area contributed by atoms with Crippen LogP contribution in [0.15, 0.2) is 97.3 Å². The Balaban J connectivity index is 1.27. The van der Waals surface area contributed by atoms with Crippen molar-refractivity contribution in [1.29, 1.82) is 0 Å². The Kier molecular flexibility index (Phi) is 5.97. The predicted molar refractivity (Wildman–Crippen MR) is 140 cm³/mol. The van der Waals surface area contributed by atoms with Crippen LogP contribution in [-0.2, 0) is 25.7 Å². The summed E-state index contributed by atoms with van der Waals surface area (Å²) in [5.74, 6) is 0. The molecule has 184 valence electrons. The van der Waals surface area contributed by atoms with Crippen molar-refractivity contribution in [3.05, 3.63) is 120 Å². The summed E-state index contributed by atoms with van der Waals surface area (Å²) in [7, 11) is 0. The second kappa shape index (κ2) is 9.45. The average molecular weight is 496 g/mol. The van der Waals surface area contributed by atoms with Crippen molar-refractivity contribution >= 4 is 10.9 Å². The number of aromatic nitrogens is 2.